The first-order valence-electron chi connectivity index (χ1n) is 11.5. The molecule has 0 bridgehead atoms. The van der Waals surface area contributed by atoms with Crippen LogP contribution in [0, 0.1) is 6.92 Å². The van der Waals surface area contributed by atoms with Crippen LogP contribution in [0.1, 0.15) is 49.7 Å². The van der Waals surface area contributed by atoms with E-state index in [2.05, 4.69) is 10.3 Å². The van der Waals surface area contributed by atoms with Crippen LogP contribution in [0.4, 0.5) is 5.69 Å². The highest BCUT2D eigenvalue weighted by molar-refractivity contribution is 8.14. The normalized spacial score (nSPS) is 18.2. The second kappa shape index (κ2) is 11.4. The van der Waals surface area contributed by atoms with E-state index in [-0.39, 0.29) is 29.3 Å². The van der Waals surface area contributed by atoms with Crippen LogP contribution < -0.4 is 10.2 Å². The van der Waals surface area contributed by atoms with Gasteiger partial charge < -0.3 is 5.32 Å². The molecule has 2 aromatic carbocycles. The number of carbonyl (C=O) groups is 2. The maximum Gasteiger partial charge on any atom is 0.283 e. The molecule has 1 aliphatic carbocycles. The molecular weight excluding hydrogens is 489 g/mol. The summed E-state index contributed by atoms with van der Waals surface area (Å²) in [5, 5.41) is 4.50. The fourth-order valence-electron chi connectivity index (χ4n) is 4.10. The van der Waals surface area contributed by atoms with Gasteiger partial charge in [-0.05, 0) is 55.7 Å². The summed E-state index contributed by atoms with van der Waals surface area (Å²) in [5.74, 6) is -0.0789. The van der Waals surface area contributed by atoms with Crippen LogP contribution >= 0.6 is 35.0 Å². The van der Waals surface area contributed by atoms with Gasteiger partial charge in [-0.3, -0.25) is 14.5 Å². The molecule has 1 aliphatic heterocycles. The van der Waals surface area contributed by atoms with Gasteiger partial charge in [0.15, 0.2) is 5.17 Å². The number of anilines is 1. The Morgan fingerprint density at radius 3 is 2.47 bits per heavy atom. The Hall–Kier alpha value is -2.28. The molecule has 1 N–H and O–H groups in total. The van der Waals surface area contributed by atoms with Crippen molar-refractivity contribution in [2.24, 2.45) is 4.99 Å². The summed E-state index contributed by atoms with van der Waals surface area (Å²) in [7, 11) is 0. The Labute approximate surface area is 214 Å². The first-order chi connectivity index (χ1) is 16.4. The number of hydrogen-bond acceptors (Lipinski definition) is 4. The predicted molar refractivity (Wildman–Crippen MR) is 143 cm³/mol. The lowest BCUT2D eigenvalue weighted by Gasteiger charge is -2.19. The van der Waals surface area contributed by atoms with E-state index in [0.29, 0.717) is 20.9 Å². The molecule has 8 heteroatoms. The van der Waals surface area contributed by atoms with Crippen molar-refractivity contribution in [3.8, 4) is 0 Å². The molecule has 2 amide bonds. The first-order valence-corrected chi connectivity index (χ1v) is 13.2. The van der Waals surface area contributed by atoms with Gasteiger partial charge in [-0.2, -0.15) is 0 Å². The molecule has 1 fully saturated rings. The Kier molecular flexibility index (Phi) is 8.35. The van der Waals surface area contributed by atoms with E-state index >= 15 is 0 Å². The van der Waals surface area contributed by atoms with Gasteiger partial charge in [0.2, 0.25) is 5.91 Å². The molecule has 0 spiro atoms. The molecule has 1 heterocycles. The fourth-order valence-corrected chi connectivity index (χ4v) is 5.23. The number of halogens is 2. The van der Waals surface area contributed by atoms with Crippen molar-refractivity contribution in [3.63, 3.8) is 0 Å². The van der Waals surface area contributed by atoms with Crippen molar-refractivity contribution in [3.05, 3.63) is 69.3 Å². The molecule has 0 aromatic heterocycles. The number of thioether (sulfide) groups is 1. The van der Waals surface area contributed by atoms with E-state index in [1.807, 2.05) is 31.2 Å². The summed E-state index contributed by atoms with van der Waals surface area (Å²) < 4.78 is 0. The SMILES string of the molecule is Cc1ccc(N2C(=O)C(=Cc3ccc(Cl)c(Cl)c3)N=C2SCC(=O)NC2CCCCCC2)cc1. The lowest BCUT2D eigenvalue weighted by atomic mass is 10.1. The van der Waals surface area contributed by atoms with E-state index in [4.69, 9.17) is 23.2 Å². The van der Waals surface area contributed by atoms with Crippen LogP contribution in [0.5, 0.6) is 0 Å². The van der Waals surface area contributed by atoms with Crippen LogP contribution in [-0.4, -0.2) is 28.8 Å². The molecule has 2 aliphatic rings. The number of amidine groups is 1. The van der Waals surface area contributed by atoms with E-state index in [1.54, 1.807) is 29.2 Å². The van der Waals surface area contributed by atoms with Gasteiger partial charge in [0, 0.05) is 6.04 Å². The molecule has 34 heavy (non-hydrogen) atoms. The van der Waals surface area contributed by atoms with Gasteiger partial charge in [-0.1, -0.05) is 84.4 Å². The standard InChI is InChI=1S/C26H27Cl2N3O2S/c1-17-8-11-20(12-9-17)31-25(33)23(15-18-10-13-21(27)22(28)14-18)30-26(31)34-16-24(32)29-19-6-4-2-3-5-7-19/h8-15,19H,2-7,16H2,1H3,(H,29,32). The fraction of sp³-hybridized carbons (Fsp3) is 0.346. The largest absolute Gasteiger partial charge is 0.353 e. The zero-order valence-electron chi connectivity index (χ0n) is 19.0. The summed E-state index contributed by atoms with van der Waals surface area (Å²) in [4.78, 5) is 32.1. The quantitative estimate of drug-likeness (QED) is 0.359. The van der Waals surface area contributed by atoms with Gasteiger partial charge in [0.25, 0.3) is 5.91 Å². The highest BCUT2D eigenvalue weighted by Gasteiger charge is 2.32. The third kappa shape index (κ3) is 6.23. The molecule has 4 rings (SSSR count). The molecule has 1 saturated carbocycles. The molecule has 0 radical (unpaired) electrons. The predicted octanol–water partition coefficient (Wildman–Crippen LogP) is 6.62. The lowest BCUT2D eigenvalue weighted by molar-refractivity contribution is -0.119. The van der Waals surface area contributed by atoms with Gasteiger partial charge in [0.05, 0.1) is 21.5 Å². The number of aryl methyl sites for hydroxylation is 1. The zero-order chi connectivity index (χ0) is 24.1. The van der Waals surface area contributed by atoms with Gasteiger partial charge in [-0.15, -0.1) is 0 Å². The number of aliphatic imine (C=N–C) groups is 1. The van der Waals surface area contributed by atoms with Gasteiger partial charge in [0.1, 0.15) is 5.70 Å². The van der Waals surface area contributed by atoms with Crippen LogP contribution in [0.15, 0.2) is 53.2 Å². The molecular formula is C26H27Cl2N3O2S. The second-order valence-electron chi connectivity index (χ2n) is 8.62. The minimum absolute atomic E-state index is 0.0298. The summed E-state index contributed by atoms with van der Waals surface area (Å²) in [6.07, 6.45) is 8.53. The molecule has 5 nitrogen and oxygen atoms in total. The average molecular weight is 516 g/mol. The number of benzene rings is 2. The molecule has 2 aromatic rings. The minimum Gasteiger partial charge on any atom is -0.353 e. The van der Waals surface area contributed by atoms with Crippen molar-refractivity contribution in [1.29, 1.82) is 0 Å². The van der Waals surface area contributed by atoms with Gasteiger partial charge >= 0.3 is 0 Å². The van der Waals surface area contributed by atoms with E-state index < -0.39 is 0 Å². The third-order valence-electron chi connectivity index (χ3n) is 5.92. The summed E-state index contributed by atoms with van der Waals surface area (Å²) >= 11 is 13.4. The Morgan fingerprint density at radius 1 is 1.09 bits per heavy atom. The average Bonchev–Trinajstić information content (AvgIpc) is 2.96. The molecule has 0 atom stereocenters. The number of rotatable bonds is 5. The highest BCUT2D eigenvalue weighted by atomic mass is 35.5. The zero-order valence-corrected chi connectivity index (χ0v) is 21.3. The van der Waals surface area contributed by atoms with Crippen molar-refractivity contribution < 1.29 is 9.59 Å². The summed E-state index contributed by atoms with van der Waals surface area (Å²) in [5.41, 5.74) is 2.81. The monoisotopic (exact) mass is 515 g/mol. The number of amides is 2. The number of nitrogens with one attached hydrogen (secondary N) is 1. The Balaban J connectivity index is 1.54. The van der Waals surface area contributed by atoms with Crippen LogP contribution in [0.25, 0.3) is 6.08 Å². The Morgan fingerprint density at radius 2 is 1.79 bits per heavy atom. The third-order valence-corrected chi connectivity index (χ3v) is 7.60. The molecule has 178 valence electrons. The summed E-state index contributed by atoms with van der Waals surface area (Å²) in [6, 6.07) is 13.1. The van der Waals surface area contributed by atoms with E-state index in [0.717, 1.165) is 36.8 Å². The van der Waals surface area contributed by atoms with E-state index in [9.17, 15) is 9.59 Å². The van der Waals surface area contributed by atoms with Crippen LogP contribution in [0.3, 0.4) is 0 Å². The van der Waals surface area contributed by atoms with Crippen molar-refractivity contribution >= 4 is 63.7 Å². The molecule has 0 saturated heterocycles. The van der Waals surface area contributed by atoms with Crippen molar-refractivity contribution in [1.82, 2.24) is 5.32 Å². The van der Waals surface area contributed by atoms with E-state index in [1.165, 1.54) is 24.6 Å². The number of nitrogens with zero attached hydrogens (tertiary/aromatic N) is 2. The summed E-state index contributed by atoms with van der Waals surface area (Å²) in [6.45, 7) is 1.99. The lowest BCUT2D eigenvalue weighted by Crippen LogP contribution is -2.37. The second-order valence-corrected chi connectivity index (χ2v) is 10.4. The minimum atomic E-state index is -0.249. The van der Waals surface area contributed by atoms with Crippen LogP contribution in [0.2, 0.25) is 10.0 Å². The highest BCUT2D eigenvalue weighted by Crippen LogP contribution is 2.31. The first kappa shape index (κ1) is 24.8. The van der Waals surface area contributed by atoms with Crippen molar-refractivity contribution in [2.45, 2.75) is 51.5 Å². The molecule has 0 unspecified atom stereocenters. The maximum atomic E-state index is 13.3. The smallest absolute Gasteiger partial charge is 0.283 e. The number of carbonyl (C=O) groups excluding carboxylic acids is 2. The topological polar surface area (TPSA) is 61.8 Å². The number of hydrogen-bond donors (Lipinski definition) is 1. The van der Waals surface area contributed by atoms with Gasteiger partial charge in [-0.25, -0.2) is 4.99 Å². The Bertz CT molecular complexity index is 1120. The maximum absolute atomic E-state index is 13.3. The van der Waals surface area contributed by atoms with Crippen LogP contribution in [-0.2, 0) is 9.59 Å². The van der Waals surface area contributed by atoms with Crippen molar-refractivity contribution in [2.75, 3.05) is 10.7 Å².